The van der Waals surface area contributed by atoms with Crippen LogP contribution in [0.3, 0.4) is 0 Å². The summed E-state index contributed by atoms with van der Waals surface area (Å²) >= 11 is 12.5. The molecule has 1 saturated heterocycles. The van der Waals surface area contributed by atoms with Crippen LogP contribution in [0.25, 0.3) is 0 Å². The number of anilines is 1. The molecule has 2 aromatic carbocycles. The van der Waals surface area contributed by atoms with Crippen molar-refractivity contribution in [2.75, 3.05) is 18.1 Å². The summed E-state index contributed by atoms with van der Waals surface area (Å²) in [7, 11) is 0. The van der Waals surface area contributed by atoms with E-state index in [1.165, 1.54) is 31.4 Å². The Morgan fingerprint density at radius 1 is 1.06 bits per heavy atom. The second-order valence-corrected chi connectivity index (χ2v) is 9.40. The first-order valence-electron chi connectivity index (χ1n) is 10.6. The Morgan fingerprint density at radius 2 is 1.77 bits per heavy atom. The molecule has 0 spiro atoms. The lowest BCUT2D eigenvalue weighted by molar-refractivity contribution is -0.119. The highest BCUT2D eigenvalue weighted by Gasteiger charge is 2.38. The molecular formula is C23H23Cl2FN4O. The molecule has 0 aromatic heterocycles. The number of hydrazine groups is 1. The minimum atomic E-state index is -0.309. The van der Waals surface area contributed by atoms with Crippen LogP contribution >= 0.6 is 23.2 Å². The Labute approximate surface area is 190 Å². The maximum Gasteiger partial charge on any atom is 0.281 e. The number of benzene rings is 2. The Bertz CT molecular complexity index is 1020. The molecule has 0 radical (unpaired) electrons. The molecule has 8 heteroatoms. The number of rotatable bonds is 4. The highest BCUT2D eigenvalue weighted by molar-refractivity contribution is 6.40. The van der Waals surface area contributed by atoms with Gasteiger partial charge in [0, 0.05) is 24.5 Å². The van der Waals surface area contributed by atoms with E-state index in [9.17, 15) is 9.18 Å². The standard InChI is InChI=1S/C23H23Cl2FN4O/c24-17-6-9-21(19(25)10-17)30-22(14-4-7-18(26)8-5-14)11-20(27-30)23(31)28-29-12-15-2-1-3-16(15)13-29/h4-10,15-16,22H,1-3,11-13H2,(H,28,31). The normalized spacial score (nSPS) is 25.6. The number of carbonyl (C=O) groups is 1. The van der Waals surface area contributed by atoms with E-state index >= 15 is 0 Å². The molecule has 5 rings (SSSR count). The van der Waals surface area contributed by atoms with E-state index in [4.69, 9.17) is 23.2 Å². The molecule has 3 aliphatic rings. The first-order valence-corrected chi connectivity index (χ1v) is 11.4. The van der Waals surface area contributed by atoms with E-state index in [0.717, 1.165) is 18.7 Å². The molecule has 0 bridgehead atoms. The van der Waals surface area contributed by atoms with Crippen LogP contribution in [0.15, 0.2) is 47.6 Å². The van der Waals surface area contributed by atoms with Gasteiger partial charge in [0.25, 0.3) is 5.91 Å². The largest absolute Gasteiger partial charge is 0.284 e. The van der Waals surface area contributed by atoms with Gasteiger partial charge in [0.1, 0.15) is 11.5 Å². The van der Waals surface area contributed by atoms with Gasteiger partial charge in [-0.05, 0) is 60.6 Å². The van der Waals surface area contributed by atoms with Gasteiger partial charge in [0.05, 0.1) is 16.8 Å². The third kappa shape index (κ3) is 4.16. The number of hydrogen-bond donors (Lipinski definition) is 1. The smallest absolute Gasteiger partial charge is 0.281 e. The minimum Gasteiger partial charge on any atom is -0.284 e. The average molecular weight is 461 g/mol. The topological polar surface area (TPSA) is 47.9 Å². The Balaban J connectivity index is 1.39. The van der Waals surface area contributed by atoms with Crippen LogP contribution in [0.2, 0.25) is 10.0 Å². The molecular weight excluding hydrogens is 438 g/mol. The first kappa shape index (κ1) is 20.7. The summed E-state index contributed by atoms with van der Waals surface area (Å²) in [5.74, 6) is 0.861. The third-order valence-electron chi connectivity index (χ3n) is 6.57. The fourth-order valence-corrected chi connectivity index (χ4v) is 5.51. The lowest BCUT2D eigenvalue weighted by atomic mass is 10.0. The monoisotopic (exact) mass is 460 g/mol. The predicted octanol–water partition coefficient (Wildman–Crippen LogP) is 5.20. The second kappa shape index (κ2) is 8.41. The summed E-state index contributed by atoms with van der Waals surface area (Å²) in [6.07, 6.45) is 4.18. The summed E-state index contributed by atoms with van der Waals surface area (Å²) in [6.45, 7) is 1.80. The molecule has 31 heavy (non-hydrogen) atoms. The number of hydrazone groups is 1. The third-order valence-corrected chi connectivity index (χ3v) is 7.11. The van der Waals surface area contributed by atoms with Crippen LogP contribution in [0, 0.1) is 17.7 Å². The second-order valence-electron chi connectivity index (χ2n) is 8.56. The quantitative estimate of drug-likeness (QED) is 0.681. The van der Waals surface area contributed by atoms with Crippen LogP contribution < -0.4 is 10.4 Å². The number of carbonyl (C=O) groups excluding carboxylic acids is 1. The van der Waals surface area contributed by atoms with Crippen LogP contribution in [0.5, 0.6) is 0 Å². The van der Waals surface area contributed by atoms with Crippen LogP contribution in [0.4, 0.5) is 10.1 Å². The Hall–Kier alpha value is -2.15. The van der Waals surface area contributed by atoms with Gasteiger partial charge < -0.3 is 0 Å². The van der Waals surface area contributed by atoms with Crippen molar-refractivity contribution in [3.8, 4) is 0 Å². The molecule has 1 aliphatic carbocycles. The van der Waals surface area contributed by atoms with Gasteiger partial charge in [-0.15, -0.1) is 0 Å². The number of fused-ring (bicyclic) bond motifs is 1. The zero-order chi connectivity index (χ0) is 21.5. The maximum absolute atomic E-state index is 13.5. The van der Waals surface area contributed by atoms with Crippen LogP contribution in [-0.4, -0.2) is 29.7 Å². The number of nitrogens with one attached hydrogen (secondary N) is 1. The summed E-state index contributed by atoms with van der Waals surface area (Å²) in [6, 6.07) is 11.2. The van der Waals surface area contributed by atoms with Crippen molar-refractivity contribution in [2.45, 2.75) is 31.7 Å². The molecule has 1 saturated carbocycles. The number of nitrogens with zero attached hydrogens (tertiary/aromatic N) is 3. The average Bonchev–Trinajstić information content (AvgIpc) is 3.43. The van der Waals surface area contributed by atoms with Crippen LogP contribution in [0.1, 0.15) is 37.3 Å². The SMILES string of the molecule is O=C(NN1CC2CCCC2C1)C1=NN(c2ccc(Cl)cc2Cl)C(c2ccc(F)cc2)C1. The molecule has 2 heterocycles. The van der Waals surface area contributed by atoms with Gasteiger partial charge in [-0.25, -0.2) is 9.40 Å². The molecule has 2 aliphatic heterocycles. The number of hydrogen-bond acceptors (Lipinski definition) is 4. The molecule has 1 N–H and O–H groups in total. The van der Waals surface area contributed by atoms with Crippen molar-refractivity contribution in [3.05, 3.63) is 63.9 Å². The number of amides is 1. The van der Waals surface area contributed by atoms with Gasteiger partial charge >= 0.3 is 0 Å². The Kier molecular flexibility index (Phi) is 5.63. The van der Waals surface area contributed by atoms with Crippen molar-refractivity contribution in [3.63, 3.8) is 0 Å². The van der Waals surface area contributed by atoms with Crippen molar-refractivity contribution in [1.29, 1.82) is 0 Å². The van der Waals surface area contributed by atoms with E-state index in [2.05, 4.69) is 10.5 Å². The van der Waals surface area contributed by atoms with Crippen molar-refractivity contribution in [1.82, 2.24) is 10.4 Å². The van der Waals surface area contributed by atoms with E-state index in [0.29, 0.717) is 39.7 Å². The van der Waals surface area contributed by atoms with E-state index in [-0.39, 0.29) is 17.8 Å². The van der Waals surface area contributed by atoms with E-state index in [1.54, 1.807) is 35.3 Å². The lowest BCUT2D eigenvalue weighted by Crippen LogP contribution is -2.44. The van der Waals surface area contributed by atoms with Gasteiger partial charge in [-0.2, -0.15) is 5.10 Å². The number of halogens is 3. The molecule has 5 nitrogen and oxygen atoms in total. The summed E-state index contributed by atoms with van der Waals surface area (Å²) in [5, 5.41) is 9.36. The summed E-state index contributed by atoms with van der Waals surface area (Å²) in [4.78, 5) is 13.0. The fourth-order valence-electron chi connectivity index (χ4n) is 5.02. The van der Waals surface area contributed by atoms with Gasteiger partial charge in [0.15, 0.2) is 0 Å². The first-order chi connectivity index (χ1) is 15.0. The molecule has 162 valence electrons. The van der Waals surface area contributed by atoms with Crippen molar-refractivity contribution >= 4 is 40.5 Å². The molecule has 3 atom stereocenters. The minimum absolute atomic E-state index is 0.195. The zero-order valence-corrected chi connectivity index (χ0v) is 18.4. The van der Waals surface area contributed by atoms with Crippen molar-refractivity contribution < 1.29 is 9.18 Å². The van der Waals surface area contributed by atoms with Crippen molar-refractivity contribution in [2.24, 2.45) is 16.9 Å². The molecule has 1 amide bonds. The predicted molar refractivity (Wildman–Crippen MR) is 121 cm³/mol. The van der Waals surface area contributed by atoms with Gasteiger partial charge in [-0.1, -0.05) is 41.8 Å². The van der Waals surface area contributed by atoms with Crippen LogP contribution in [-0.2, 0) is 4.79 Å². The highest BCUT2D eigenvalue weighted by Crippen LogP contribution is 2.40. The summed E-state index contributed by atoms with van der Waals surface area (Å²) in [5.41, 5.74) is 4.99. The maximum atomic E-state index is 13.5. The zero-order valence-electron chi connectivity index (χ0n) is 16.9. The molecule has 3 unspecified atom stereocenters. The van der Waals surface area contributed by atoms with Gasteiger partial charge in [-0.3, -0.25) is 15.2 Å². The summed E-state index contributed by atoms with van der Waals surface area (Å²) < 4.78 is 13.5. The molecule has 2 aromatic rings. The van der Waals surface area contributed by atoms with E-state index < -0.39 is 0 Å². The lowest BCUT2D eigenvalue weighted by Gasteiger charge is -2.25. The molecule has 2 fully saturated rings. The Morgan fingerprint density at radius 3 is 2.45 bits per heavy atom. The highest BCUT2D eigenvalue weighted by atomic mass is 35.5. The van der Waals surface area contributed by atoms with E-state index in [1.807, 2.05) is 5.01 Å². The fraction of sp³-hybridized carbons (Fsp3) is 0.391. The van der Waals surface area contributed by atoms with Gasteiger partial charge in [0.2, 0.25) is 0 Å².